The van der Waals surface area contributed by atoms with Gasteiger partial charge in [0.15, 0.2) is 0 Å². The van der Waals surface area contributed by atoms with Gasteiger partial charge in [0, 0.05) is 11.1 Å². The lowest BCUT2D eigenvalue weighted by Crippen LogP contribution is -2.53. The van der Waals surface area contributed by atoms with Gasteiger partial charge in [-0.2, -0.15) is 0 Å². The van der Waals surface area contributed by atoms with Gasteiger partial charge >= 0.3 is 17.9 Å². The Kier molecular flexibility index (Phi) is 5.69. The molecule has 2 rings (SSSR count). The van der Waals surface area contributed by atoms with E-state index in [1.165, 1.54) is 28.3 Å². The summed E-state index contributed by atoms with van der Waals surface area (Å²) in [6.07, 6.45) is 0. The third-order valence-corrected chi connectivity index (χ3v) is 4.81. The number of benzene rings is 1. The van der Waals surface area contributed by atoms with Crippen molar-refractivity contribution in [2.45, 2.75) is 18.5 Å². The van der Waals surface area contributed by atoms with E-state index in [1.54, 1.807) is 24.3 Å². The lowest BCUT2D eigenvalue weighted by Gasteiger charge is -2.28. The Labute approximate surface area is 150 Å². The molecule has 0 radical (unpaired) electrons. The molecule has 0 spiro atoms. The number of rotatable bonds is 4. The number of hydrogen-bond donors (Lipinski definition) is 1. The van der Waals surface area contributed by atoms with Gasteiger partial charge in [-0.3, -0.25) is 19.7 Å². The van der Waals surface area contributed by atoms with Crippen LogP contribution in [0.4, 0.5) is 0 Å². The number of hydrogen-bond acceptors (Lipinski definition) is 7. The molecule has 0 saturated carbocycles. The molecule has 4 atom stereocenters. The van der Waals surface area contributed by atoms with Crippen LogP contribution in [0.5, 0.6) is 0 Å². The summed E-state index contributed by atoms with van der Waals surface area (Å²) in [5, 5.41) is 3.59. The molecule has 0 amide bonds. The number of halogens is 1. The molecule has 0 unspecified atom stereocenters. The molecule has 1 aliphatic heterocycles. The van der Waals surface area contributed by atoms with Crippen molar-refractivity contribution in [1.29, 1.82) is 0 Å². The second-order valence-electron chi connectivity index (χ2n) is 5.92. The topological polar surface area (TPSA) is 90.9 Å². The Morgan fingerprint density at radius 3 is 2.04 bits per heavy atom. The van der Waals surface area contributed by atoms with Gasteiger partial charge in [-0.05, 0) is 24.6 Å². The van der Waals surface area contributed by atoms with Crippen LogP contribution in [0.25, 0.3) is 0 Å². The van der Waals surface area contributed by atoms with Crippen molar-refractivity contribution in [3.8, 4) is 0 Å². The van der Waals surface area contributed by atoms with E-state index < -0.39 is 41.3 Å². The summed E-state index contributed by atoms with van der Waals surface area (Å²) in [4.78, 5) is 37.2. The number of carbonyl (C=O) groups excluding carboxylic acids is 3. The van der Waals surface area contributed by atoms with Crippen LogP contribution in [0.2, 0.25) is 5.02 Å². The predicted molar refractivity (Wildman–Crippen MR) is 88.8 cm³/mol. The minimum atomic E-state index is -1.45. The maximum absolute atomic E-state index is 12.4. The van der Waals surface area contributed by atoms with Crippen LogP contribution in [0.1, 0.15) is 18.5 Å². The van der Waals surface area contributed by atoms with Crippen molar-refractivity contribution in [2.24, 2.45) is 11.8 Å². The van der Waals surface area contributed by atoms with Crippen LogP contribution in [-0.4, -0.2) is 44.8 Å². The molecule has 1 aliphatic rings. The Morgan fingerprint density at radius 1 is 1.00 bits per heavy atom. The Bertz CT molecular complexity index is 676. The lowest BCUT2D eigenvalue weighted by atomic mass is 9.78. The third-order valence-electron chi connectivity index (χ3n) is 4.56. The van der Waals surface area contributed by atoms with Crippen molar-refractivity contribution >= 4 is 29.5 Å². The Hall–Kier alpha value is -2.12. The van der Waals surface area contributed by atoms with Gasteiger partial charge in [0.25, 0.3) is 0 Å². The fourth-order valence-corrected chi connectivity index (χ4v) is 3.46. The fraction of sp³-hybridized carbons (Fsp3) is 0.471. The molecule has 1 aromatic rings. The summed E-state index contributed by atoms with van der Waals surface area (Å²) in [6, 6.07) is 6.10. The molecule has 1 heterocycles. The Morgan fingerprint density at radius 2 is 1.56 bits per heavy atom. The van der Waals surface area contributed by atoms with Crippen LogP contribution in [0.3, 0.4) is 0 Å². The largest absolute Gasteiger partial charge is 0.469 e. The maximum atomic E-state index is 12.4. The summed E-state index contributed by atoms with van der Waals surface area (Å²) in [5.74, 6) is -4.09. The lowest BCUT2D eigenvalue weighted by molar-refractivity contribution is -0.163. The van der Waals surface area contributed by atoms with E-state index in [-0.39, 0.29) is 0 Å². The standard InChI is InChI=1S/C17H20ClNO6/c1-17(16(22)25-4)12(15(21)24-3)11(14(20)23-2)13(19-17)9-5-7-10(18)8-6-9/h5-8,11-13,19H,1-4H3/t11-,12-,13-,17-/m1/s1. The number of nitrogens with one attached hydrogen (secondary N) is 1. The summed E-state index contributed by atoms with van der Waals surface area (Å²) in [5.41, 5.74) is -0.772. The zero-order valence-electron chi connectivity index (χ0n) is 14.4. The van der Waals surface area contributed by atoms with E-state index in [4.69, 9.17) is 25.8 Å². The van der Waals surface area contributed by atoms with Crippen molar-refractivity contribution in [3.63, 3.8) is 0 Å². The van der Waals surface area contributed by atoms with Crippen molar-refractivity contribution in [1.82, 2.24) is 5.32 Å². The van der Waals surface area contributed by atoms with E-state index in [9.17, 15) is 14.4 Å². The SMILES string of the molecule is COC(=O)[C@H]1[C@@H](c2ccc(Cl)cc2)N[C@@](C)(C(=O)OC)[C@H]1C(=O)OC. The van der Waals surface area contributed by atoms with Crippen molar-refractivity contribution < 1.29 is 28.6 Å². The first kappa shape index (κ1) is 19.2. The molecule has 1 saturated heterocycles. The van der Waals surface area contributed by atoms with Crippen molar-refractivity contribution in [3.05, 3.63) is 34.9 Å². The molecular weight excluding hydrogens is 350 g/mol. The molecule has 1 aromatic carbocycles. The quantitative estimate of drug-likeness (QED) is 0.635. The van der Waals surface area contributed by atoms with E-state index in [1.807, 2.05) is 0 Å². The summed E-state index contributed by atoms with van der Waals surface area (Å²) in [6.45, 7) is 1.51. The average molecular weight is 370 g/mol. The molecule has 25 heavy (non-hydrogen) atoms. The van der Waals surface area contributed by atoms with Gasteiger partial charge in [0.05, 0.1) is 27.2 Å². The predicted octanol–water partition coefficient (Wildman–Crippen LogP) is 1.49. The normalized spacial score (nSPS) is 28.3. The van der Waals surface area contributed by atoms with Gasteiger partial charge < -0.3 is 14.2 Å². The monoisotopic (exact) mass is 369 g/mol. The highest BCUT2D eigenvalue weighted by Gasteiger charge is 2.62. The number of carbonyl (C=O) groups is 3. The first-order valence-corrected chi connectivity index (χ1v) is 7.95. The fourth-order valence-electron chi connectivity index (χ4n) is 3.33. The summed E-state index contributed by atoms with van der Waals surface area (Å²) >= 11 is 5.91. The van der Waals surface area contributed by atoms with Crippen LogP contribution in [-0.2, 0) is 28.6 Å². The number of esters is 3. The van der Waals surface area contributed by atoms with Crippen LogP contribution >= 0.6 is 11.6 Å². The smallest absolute Gasteiger partial charge is 0.326 e. The van der Waals surface area contributed by atoms with Crippen molar-refractivity contribution in [2.75, 3.05) is 21.3 Å². The zero-order valence-corrected chi connectivity index (χ0v) is 15.1. The third kappa shape index (κ3) is 3.34. The molecule has 0 bridgehead atoms. The zero-order chi connectivity index (χ0) is 18.8. The Balaban J connectivity index is 2.59. The molecule has 7 nitrogen and oxygen atoms in total. The molecular formula is C17H20ClNO6. The molecule has 0 aromatic heterocycles. The minimum absolute atomic E-state index is 0.525. The number of methoxy groups -OCH3 is 3. The first-order valence-electron chi connectivity index (χ1n) is 7.57. The highest BCUT2D eigenvalue weighted by molar-refractivity contribution is 6.30. The molecule has 1 N–H and O–H groups in total. The highest BCUT2D eigenvalue weighted by Crippen LogP contribution is 2.45. The molecule has 1 fully saturated rings. The highest BCUT2D eigenvalue weighted by atomic mass is 35.5. The van der Waals surface area contributed by atoms with E-state index >= 15 is 0 Å². The van der Waals surface area contributed by atoms with Gasteiger partial charge in [0.2, 0.25) is 0 Å². The van der Waals surface area contributed by atoms with Crippen LogP contribution < -0.4 is 5.32 Å². The van der Waals surface area contributed by atoms with Gasteiger partial charge in [0.1, 0.15) is 11.5 Å². The number of ether oxygens (including phenoxy) is 3. The summed E-state index contributed by atoms with van der Waals surface area (Å²) in [7, 11) is 3.64. The van der Waals surface area contributed by atoms with E-state index in [0.717, 1.165) is 0 Å². The van der Waals surface area contributed by atoms with Crippen LogP contribution in [0.15, 0.2) is 24.3 Å². The van der Waals surface area contributed by atoms with Crippen LogP contribution in [0, 0.1) is 11.8 Å². The molecule has 136 valence electrons. The molecule has 0 aliphatic carbocycles. The maximum Gasteiger partial charge on any atom is 0.326 e. The second kappa shape index (κ2) is 7.41. The van der Waals surface area contributed by atoms with E-state index in [0.29, 0.717) is 10.6 Å². The second-order valence-corrected chi connectivity index (χ2v) is 6.35. The van der Waals surface area contributed by atoms with Gasteiger partial charge in [-0.25, -0.2) is 0 Å². The summed E-state index contributed by atoms with van der Waals surface area (Å²) < 4.78 is 14.6. The average Bonchev–Trinajstić information content (AvgIpc) is 2.94. The molecule has 8 heteroatoms. The van der Waals surface area contributed by atoms with Gasteiger partial charge in [-0.15, -0.1) is 0 Å². The van der Waals surface area contributed by atoms with E-state index in [2.05, 4.69) is 5.32 Å². The first-order chi connectivity index (χ1) is 11.8. The minimum Gasteiger partial charge on any atom is -0.469 e. The van der Waals surface area contributed by atoms with Gasteiger partial charge in [-0.1, -0.05) is 23.7 Å².